The predicted molar refractivity (Wildman–Crippen MR) is 73.5 cm³/mol. The van der Waals surface area contributed by atoms with Crippen molar-refractivity contribution >= 4 is 23.3 Å². The Hall–Kier alpha value is -1.77. The second-order valence-corrected chi connectivity index (χ2v) is 5.98. The van der Waals surface area contributed by atoms with Crippen molar-refractivity contribution in [1.82, 2.24) is 10.2 Å². The highest BCUT2D eigenvalue weighted by molar-refractivity contribution is 7.08. The molecule has 2 heterocycles. The summed E-state index contributed by atoms with van der Waals surface area (Å²) in [6.45, 7) is 1.01. The molecule has 1 aromatic rings. The molecule has 2 amide bonds. The zero-order valence-electron chi connectivity index (χ0n) is 11.7. The van der Waals surface area contributed by atoms with Gasteiger partial charge in [-0.3, -0.25) is 4.79 Å². The van der Waals surface area contributed by atoms with Crippen molar-refractivity contribution < 1.29 is 27.9 Å². The van der Waals surface area contributed by atoms with Crippen molar-refractivity contribution in [2.24, 2.45) is 11.8 Å². The zero-order chi connectivity index (χ0) is 16.5. The first-order chi connectivity index (χ1) is 10.2. The first-order valence-electron chi connectivity index (χ1n) is 6.54. The first-order valence-corrected chi connectivity index (χ1v) is 7.48. The van der Waals surface area contributed by atoms with E-state index in [0.717, 1.165) is 16.0 Å². The molecule has 1 aromatic heterocycles. The van der Waals surface area contributed by atoms with Crippen LogP contribution >= 0.6 is 11.3 Å². The molecule has 9 heteroatoms. The van der Waals surface area contributed by atoms with Crippen LogP contribution in [0.1, 0.15) is 11.1 Å². The summed E-state index contributed by atoms with van der Waals surface area (Å²) in [6.07, 6.45) is -4.64. The smallest absolute Gasteiger partial charge is 0.394 e. The van der Waals surface area contributed by atoms with Crippen molar-refractivity contribution in [3.63, 3.8) is 0 Å². The molecule has 5 nitrogen and oxygen atoms in total. The van der Waals surface area contributed by atoms with E-state index in [4.69, 9.17) is 5.11 Å². The number of aryl methyl sites for hydroxylation is 1. The second kappa shape index (κ2) is 6.15. The molecule has 1 fully saturated rings. The lowest BCUT2D eigenvalue weighted by atomic mass is 9.96. The molecule has 122 valence electrons. The number of nitrogens with one attached hydrogen (secondary N) is 1. The molecule has 22 heavy (non-hydrogen) atoms. The van der Waals surface area contributed by atoms with Crippen LogP contribution in [0, 0.1) is 18.8 Å². The fourth-order valence-corrected chi connectivity index (χ4v) is 3.26. The third kappa shape index (κ3) is 3.52. The number of amides is 2. The Morgan fingerprint density at radius 1 is 1.41 bits per heavy atom. The number of carboxylic acids is 1. The molecule has 0 aromatic carbocycles. The SMILES string of the molecule is Cc1cscc1CNC(=O)N1C[C@@H](C(F)(F)F)[C@H](C(=O)O)C1. The number of rotatable bonds is 3. The van der Waals surface area contributed by atoms with Crippen LogP contribution in [0.4, 0.5) is 18.0 Å². The number of hydrogen-bond acceptors (Lipinski definition) is 3. The number of carboxylic acid groups (broad SMARTS) is 1. The fraction of sp³-hybridized carbons (Fsp3) is 0.538. The van der Waals surface area contributed by atoms with Crippen LogP contribution in [0.15, 0.2) is 10.8 Å². The molecule has 0 saturated carbocycles. The maximum atomic E-state index is 12.8. The van der Waals surface area contributed by atoms with E-state index in [1.54, 1.807) is 0 Å². The summed E-state index contributed by atoms with van der Waals surface area (Å²) in [5.41, 5.74) is 1.88. The van der Waals surface area contributed by atoms with E-state index in [1.807, 2.05) is 17.7 Å². The molecule has 1 aliphatic heterocycles. The Kier molecular flexibility index (Phi) is 4.64. The molecular formula is C13H15F3N2O3S. The van der Waals surface area contributed by atoms with E-state index in [9.17, 15) is 22.8 Å². The van der Waals surface area contributed by atoms with E-state index in [0.29, 0.717) is 0 Å². The van der Waals surface area contributed by atoms with Crippen LogP contribution in [-0.4, -0.2) is 41.3 Å². The van der Waals surface area contributed by atoms with Gasteiger partial charge in [0.1, 0.15) is 0 Å². The normalized spacial score (nSPS) is 21.9. The van der Waals surface area contributed by atoms with Crippen LogP contribution < -0.4 is 5.32 Å². The number of thiophene rings is 1. The van der Waals surface area contributed by atoms with Crippen LogP contribution in [0.25, 0.3) is 0 Å². The van der Waals surface area contributed by atoms with Gasteiger partial charge in [-0.2, -0.15) is 24.5 Å². The Morgan fingerprint density at radius 3 is 2.55 bits per heavy atom. The van der Waals surface area contributed by atoms with Crippen LogP contribution in [0.2, 0.25) is 0 Å². The average molecular weight is 336 g/mol. The van der Waals surface area contributed by atoms with Gasteiger partial charge in [0.15, 0.2) is 0 Å². The number of alkyl halides is 3. The lowest BCUT2D eigenvalue weighted by Gasteiger charge is -2.18. The van der Waals surface area contributed by atoms with E-state index in [-0.39, 0.29) is 6.54 Å². The molecule has 0 bridgehead atoms. The topological polar surface area (TPSA) is 69.6 Å². The lowest BCUT2D eigenvalue weighted by Crippen LogP contribution is -2.39. The van der Waals surface area contributed by atoms with E-state index < -0.39 is 43.1 Å². The number of hydrogen-bond donors (Lipinski definition) is 2. The highest BCUT2D eigenvalue weighted by atomic mass is 32.1. The summed E-state index contributed by atoms with van der Waals surface area (Å²) in [6, 6.07) is -0.677. The molecular weight excluding hydrogens is 321 g/mol. The van der Waals surface area contributed by atoms with Gasteiger partial charge in [0, 0.05) is 19.6 Å². The van der Waals surface area contributed by atoms with Gasteiger partial charge in [-0.1, -0.05) is 0 Å². The summed E-state index contributed by atoms with van der Waals surface area (Å²) in [4.78, 5) is 23.8. The van der Waals surface area contributed by atoms with Gasteiger partial charge in [-0.15, -0.1) is 0 Å². The molecule has 1 saturated heterocycles. The van der Waals surface area contributed by atoms with Gasteiger partial charge in [-0.05, 0) is 28.8 Å². The predicted octanol–water partition coefficient (Wildman–Crippen LogP) is 2.46. The minimum atomic E-state index is -4.64. The molecule has 2 N–H and O–H groups in total. The van der Waals surface area contributed by atoms with Crippen LogP contribution in [0.5, 0.6) is 0 Å². The highest BCUT2D eigenvalue weighted by Crippen LogP contribution is 2.37. The van der Waals surface area contributed by atoms with E-state index >= 15 is 0 Å². The van der Waals surface area contributed by atoms with Gasteiger partial charge in [0.05, 0.1) is 11.8 Å². The van der Waals surface area contributed by atoms with Crippen molar-refractivity contribution in [2.45, 2.75) is 19.6 Å². The summed E-state index contributed by atoms with van der Waals surface area (Å²) in [5, 5.41) is 15.2. The number of carbonyl (C=O) groups excluding carboxylic acids is 1. The fourth-order valence-electron chi connectivity index (χ4n) is 2.40. The molecule has 2 atom stereocenters. The molecule has 0 radical (unpaired) electrons. The zero-order valence-corrected chi connectivity index (χ0v) is 12.5. The van der Waals surface area contributed by atoms with Crippen molar-refractivity contribution in [3.8, 4) is 0 Å². The van der Waals surface area contributed by atoms with Crippen LogP contribution in [-0.2, 0) is 11.3 Å². The monoisotopic (exact) mass is 336 g/mol. The first kappa shape index (κ1) is 16.6. The van der Waals surface area contributed by atoms with Gasteiger partial charge >= 0.3 is 18.2 Å². The van der Waals surface area contributed by atoms with Gasteiger partial charge in [0.2, 0.25) is 0 Å². The third-order valence-electron chi connectivity index (χ3n) is 3.74. The van der Waals surface area contributed by atoms with E-state index in [1.165, 1.54) is 11.3 Å². The van der Waals surface area contributed by atoms with Gasteiger partial charge in [-0.25, -0.2) is 4.79 Å². The standard InChI is InChI=1S/C13H15F3N2O3S/c1-7-5-22-6-8(7)2-17-12(21)18-3-9(11(19)20)10(4-18)13(14,15)16/h5-6,9-10H,2-4H2,1H3,(H,17,21)(H,19,20)/t9-,10-/m1/s1. The second-order valence-electron chi connectivity index (χ2n) is 5.24. The number of halogens is 3. The Bertz CT molecular complexity index is 573. The third-order valence-corrected chi connectivity index (χ3v) is 4.65. The van der Waals surface area contributed by atoms with Crippen molar-refractivity contribution in [1.29, 1.82) is 0 Å². The highest BCUT2D eigenvalue weighted by Gasteiger charge is 2.53. The van der Waals surface area contributed by atoms with Gasteiger partial charge in [0.25, 0.3) is 0 Å². The maximum Gasteiger partial charge on any atom is 0.394 e. The Morgan fingerprint density at radius 2 is 2.09 bits per heavy atom. The maximum absolute atomic E-state index is 12.8. The molecule has 2 rings (SSSR count). The summed E-state index contributed by atoms with van der Waals surface area (Å²) in [7, 11) is 0. The molecule has 0 unspecified atom stereocenters. The Balaban J connectivity index is 1.99. The van der Waals surface area contributed by atoms with Crippen LogP contribution in [0.3, 0.4) is 0 Å². The summed E-state index contributed by atoms with van der Waals surface area (Å²) < 4.78 is 38.5. The minimum absolute atomic E-state index is 0.207. The number of nitrogens with zero attached hydrogens (tertiary/aromatic N) is 1. The molecule has 0 spiro atoms. The molecule has 1 aliphatic rings. The number of likely N-dealkylation sites (tertiary alicyclic amines) is 1. The largest absolute Gasteiger partial charge is 0.481 e. The number of carbonyl (C=O) groups is 2. The van der Waals surface area contributed by atoms with Crippen molar-refractivity contribution in [2.75, 3.05) is 13.1 Å². The Labute approximate surface area is 128 Å². The minimum Gasteiger partial charge on any atom is -0.481 e. The average Bonchev–Trinajstić information content (AvgIpc) is 3.01. The quantitative estimate of drug-likeness (QED) is 0.891. The summed E-state index contributed by atoms with van der Waals surface area (Å²) >= 11 is 1.47. The van der Waals surface area contributed by atoms with Crippen molar-refractivity contribution in [3.05, 3.63) is 21.9 Å². The molecule has 0 aliphatic carbocycles. The number of aliphatic carboxylic acids is 1. The number of urea groups is 1. The van der Waals surface area contributed by atoms with Gasteiger partial charge < -0.3 is 15.3 Å². The lowest BCUT2D eigenvalue weighted by molar-refractivity contribution is -0.187. The van der Waals surface area contributed by atoms with E-state index in [2.05, 4.69) is 5.32 Å². The summed E-state index contributed by atoms with van der Waals surface area (Å²) in [5.74, 6) is -5.18.